The Morgan fingerprint density at radius 2 is 1.79 bits per heavy atom. The minimum atomic E-state index is -0.672. The maximum atomic E-state index is 12.7. The Labute approximate surface area is 167 Å². The standard InChI is InChI=1S/C22H20N2O5/c1-27-21(25)18-19(15-10-11-17-14(13-15)7-6-12-29-17)23-24(20(18)22(26)28-2)16-8-4-3-5-9-16/h3-5,8-11,13H,6-7,12H2,1-2H3. The number of methoxy groups -OCH3 is 2. The van der Waals surface area contributed by atoms with Gasteiger partial charge >= 0.3 is 11.9 Å². The summed E-state index contributed by atoms with van der Waals surface area (Å²) in [5.41, 5.74) is 2.82. The van der Waals surface area contributed by atoms with Gasteiger partial charge < -0.3 is 14.2 Å². The zero-order valence-electron chi connectivity index (χ0n) is 16.2. The summed E-state index contributed by atoms with van der Waals surface area (Å²) in [5, 5.41) is 4.61. The Hall–Kier alpha value is -3.61. The largest absolute Gasteiger partial charge is 0.493 e. The average molecular weight is 392 g/mol. The summed E-state index contributed by atoms with van der Waals surface area (Å²) in [6, 6.07) is 14.7. The lowest BCUT2D eigenvalue weighted by atomic mass is 9.99. The first-order chi connectivity index (χ1) is 14.1. The molecule has 2 aromatic carbocycles. The molecule has 148 valence electrons. The lowest BCUT2D eigenvalue weighted by Gasteiger charge is -2.17. The Morgan fingerprint density at radius 3 is 2.52 bits per heavy atom. The highest BCUT2D eigenvalue weighted by molar-refractivity contribution is 6.06. The minimum absolute atomic E-state index is 0.0227. The summed E-state index contributed by atoms with van der Waals surface area (Å²) in [6.45, 7) is 0.689. The Bertz CT molecular complexity index is 1070. The van der Waals surface area contributed by atoms with Crippen LogP contribution in [0.2, 0.25) is 0 Å². The number of nitrogens with zero attached hydrogens (tertiary/aromatic N) is 2. The molecular weight excluding hydrogens is 372 g/mol. The Balaban J connectivity index is 1.97. The molecule has 0 atom stereocenters. The van der Waals surface area contributed by atoms with Crippen molar-refractivity contribution in [2.75, 3.05) is 20.8 Å². The predicted octanol–water partition coefficient (Wildman–Crippen LogP) is 3.44. The first-order valence-electron chi connectivity index (χ1n) is 9.25. The topological polar surface area (TPSA) is 79.7 Å². The molecule has 0 N–H and O–H groups in total. The Kier molecular flexibility index (Phi) is 5.03. The van der Waals surface area contributed by atoms with Gasteiger partial charge in [-0.2, -0.15) is 5.10 Å². The number of esters is 2. The number of carbonyl (C=O) groups is 2. The van der Waals surface area contributed by atoms with E-state index in [1.54, 1.807) is 12.1 Å². The van der Waals surface area contributed by atoms with Crippen molar-refractivity contribution >= 4 is 11.9 Å². The van der Waals surface area contributed by atoms with Gasteiger partial charge in [0.05, 0.1) is 26.5 Å². The second-order valence-corrected chi connectivity index (χ2v) is 6.58. The first kappa shape index (κ1) is 18.7. The van der Waals surface area contributed by atoms with Crippen LogP contribution in [0.4, 0.5) is 0 Å². The molecule has 2 heterocycles. The third-order valence-corrected chi connectivity index (χ3v) is 4.84. The van der Waals surface area contributed by atoms with Gasteiger partial charge in [0.2, 0.25) is 0 Å². The quantitative estimate of drug-likeness (QED) is 0.633. The van der Waals surface area contributed by atoms with Crippen LogP contribution in [-0.4, -0.2) is 42.5 Å². The molecule has 29 heavy (non-hydrogen) atoms. The molecule has 0 amide bonds. The highest BCUT2D eigenvalue weighted by Crippen LogP contribution is 2.33. The molecule has 0 bridgehead atoms. The van der Waals surface area contributed by atoms with Crippen LogP contribution in [0, 0.1) is 0 Å². The van der Waals surface area contributed by atoms with Gasteiger partial charge in [-0.15, -0.1) is 0 Å². The van der Waals surface area contributed by atoms with E-state index in [9.17, 15) is 9.59 Å². The van der Waals surface area contributed by atoms with Gasteiger partial charge in [0.15, 0.2) is 5.69 Å². The molecule has 7 nitrogen and oxygen atoms in total. The number of carbonyl (C=O) groups excluding carboxylic acids is 2. The maximum Gasteiger partial charge on any atom is 0.357 e. The van der Waals surface area contributed by atoms with E-state index >= 15 is 0 Å². The summed E-state index contributed by atoms with van der Waals surface area (Å²) in [5.74, 6) is -0.499. The van der Waals surface area contributed by atoms with Gasteiger partial charge in [-0.3, -0.25) is 0 Å². The highest BCUT2D eigenvalue weighted by Gasteiger charge is 2.31. The van der Waals surface area contributed by atoms with Crippen molar-refractivity contribution in [2.24, 2.45) is 0 Å². The van der Waals surface area contributed by atoms with Crippen molar-refractivity contribution in [1.29, 1.82) is 0 Å². The molecule has 1 aliphatic heterocycles. The van der Waals surface area contributed by atoms with E-state index in [2.05, 4.69) is 5.10 Å². The molecule has 3 aromatic rings. The van der Waals surface area contributed by atoms with E-state index in [0.717, 1.165) is 24.2 Å². The fraction of sp³-hybridized carbons (Fsp3) is 0.227. The molecule has 1 aromatic heterocycles. The number of para-hydroxylation sites is 1. The first-order valence-corrected chi connectivity index (χ1v) is 9.25. The molecule has 0 fully saturated rings. The van der Waals surface area contributed by atoms with Crippen LogP contribution in [0.25, 0.3) is 16.9 Å². The lowest BCUT2D eigenvalue weighted by molar-refractivity contribution is 0.0549. The van der Waals surface area contributed by atoms with Gasteiger partial charge in [-0.05, 0) is 48.7 Å². The number of ether oxygens (including phenoxy) is 3. The summed E-state index contributed by atoms with van der Waals surface area (Å²) < 4.78 is 17.0. The van der Waals surface area contributed by atoms with E-state index in [4.69, 9.17) is 14.2 Å². The fourth-order valence-electron chi connectivity index (χ4n) is 3.46. The van der Waals surface area contributed by atoms with Gasteiger partial charge in [0, 0.05) is 5.56 Å². The van der Waals surface area contributed by atoms with Crippen LogP contribution in [-0.2, 0) is 15.9 Å². The molecular formula is C22H20N2O5. The van der Waals surface area contributed by atoms with E-state index in [1.165, 1.54) is 18.9 Å². The zero-order valence-corrected chi connectivity index (χ0v) is 16.2. The molecule has 0 saturated heterocycles. The number of rotatable bonds is 4. The minimum Gasteiger partial charge on any atom is -0.493 e. The summed E-state index contributed by atoms with van der Waals surface area (Å²) >= 11 is 0. The smallest absolute Gasteiger partial charge is 0.357 e. The fourth-order valence-corrected chi connectivity index (χ4v) is 3.46. The van der Waals surface area contributed by atoms with Crippen molar-refractivity contribution < 1.29 is 23.8 Å². The van der Waals surface area contributed by atoms with Crippen LogP contribution in [0.3, 0.4) is 0 Å². The number of hydrogen-bond donors (Lipinski definition) is 0. The maximum absolute atomic E-state index is 12.7. The predicted molar refractivity (Wildman–Crippen MR) is 105 cm³/mol. The number of hydrogen-bond acceptors (Lipinski definition) is 6. The molecule has 1 aliphatic rings. The Morgan fingerprint density at radius 1 is 1.03 bits per heavy atom. The summed E-state index contributed by atoms with van der Waals surface area (Å²) in [4.78, 5) is 25.3. The molecule has 0 aliphatic carbocycles. The zero-order chi connectivity index (χ0) is 20.4. The normalized spacial score (nSPS) is 12.6. The van der Waals surface area contributed by atoms with Gasteiger partial charge in [-0.25, -0.2) is 14.3 Å². The molecule has 0 radical (unpaired) electrons. The second kappa shape index (κ2) is 7.79. The number of aromatic nitrogens is 2. The number of fused-ring (bicyclic) bond motifs is 1. The van der Waals surface area contributed by atoms with Crippen LogP contribution in [0.15, 0.2) is 48.5 Å². The van der Waals surface area contributed by atoms with Gasteiger partial charge in [0.25, 0.3) is 0 Å². The van der Waals surface area contributed by atoms with Crippen molar-refractivity contribution in [3.8, 4) is 22.7 Å². The molecule has 0 saturated carbocycles. The summed E-state index contributed by atoms with van der Waals surface area (Å²) in [6.07, 6.45) is 1.80. The van der Waals surface area contributed by atoms with Crippen molar-refractivity contribution in [3.63, 3.8) is 0 Å². The van der Waals surface area contributed by atoms with E-state index < -0.39 is 11.9 Å². The van der Waals surface area contributed by atoms with Crippen molar-refractivity contribution in [2.45, 2.75) is 12.8 Å². The van der Waals surface area contributed by atoms with Crippen LogP contribution in [0.5, 0.6) is 5.75 Å². The monoisotopic (exact) mass is 392 g/mol. The molecule has 0 spiro atoms. The van der Waals surface area contributed by atoms with Crippen molar-refractivity contribution in [1.82, 2.24) is 9.78 Å². The van der Waals surface area contributed by atoms with Crippen molar-refractivity contribution in [3.05, 3.63) is 65.4 Å². The highest BCUT2D eigenvalue weighted by atomic mass is 16.5. The second-order valence-electron chi connectivity index (χ2n) is 6.58. The molecule has 4 rings (SSSR count). The number of benzene rings is 2. The van der Waals surface area contributed by atoms with Crippen LogP contribution < -0.4 is 4.74 Å². The molecule has 0 unspecified atom stereocenters. The van der Waals surface area contributed by atoms with E-state index in [0.29, 0.717) is 23.6 Å². The van der Waals surface area contributed by atoms with E-state index in [1.807, 2.05) is 36.4 Å². The van der Waals surface area contributed by atoms with Crippen LogP contribution >= 0.6 is 0 Å². The van der Waals surface area contributed by atoms with E-state index in [-0.39, 0.29) is 11.3 Å². The third kappa shape index (κ3) is 3.35. The van der Waals surface area contributed by atoms with Gasteiger partial charge in [0.1, 0.15) is 17.0 Å². The number of aryl methyl sites for hydroxylation is 1. The average Bonchev–Trinajstić information content (AvgIpc) is 3.19. The molecule has 7 heteroatoms. The lowest BCUT2D eigenvalue weighted by Crippen LogP contribution is -2.15. The third-order valence-electron chi connectivity index (χ3n) is 4.84. The SMILES string of the molecule is COC(=O)c1c(-c2ccc3c(c2)CCCO3)nn(-c2ccccc2)c1C(=O)OC. The van der Waals surface area contributed by atoms with Gasteiger partial charge in [-0.1, -0.05) is 18.2 Å². The van der Waals surface area contributed by atoms with Crippen LogP contribution in [0.1, 0.15) is 32.8 Å². The summed E-state index contributed by atoms with van der Waals surface area (Å²) in [7, 11) is 2.54.